The predicted molar refractivity (Wildman–Crippen MR) is 153 cm³/mol. The summed E-state index contributed by atoms with van der Waals surface area (Å²) in [6, 6.07) is 42.7. The molecule has 0 spiro atoms. The summed E-state index contributed by atoms with van der Waals surface area (Å²) in [5.74, 6) is 0.740. The molecule has 1 aliphatic carbocycles. The Labute approximate surface area is 217 Å². The van der Waals surface area contributed by atoms with Gasteiger partial charge in [0.2, 0.25) is 0 Å². The van der Waals surface area contributed by atoms with E-state index >= 15 is 0 Å². The maximum atomic E-state index is 5.19. The fraction of sp³-hybridized carbons (Fsp3) is 0.0857. The van der Waals surface area contributed by atoms with Crippen LogP contribution in [0.1, 0.15) is 25.0 Å². The van der Waals surface area contributed by atoms with Crippen LogP contribution in [-0.2, 0) is 5.41 Å². The first-order chi connectivity index (χ1) is 18.1. The number of hydrogen-bond acceptors (Lipinski definition) is 2. The molecule has 0 fully saturated rings. The molecular weight excluding hydrogens is 448 g/mol. The molecule has 1 aliphatic rings. The van der Waals surface area contributed by atoms with Crippen molar-refractivity contribution in [1.29, 1.82) is 0 Å². The van der Waals surface area contributed by atoms with Gasteiger partial charge in [-0.2, -0.15) is 0 Å². The van der Waals surface area contributed by atoms with Gasteiger partial charge in [0.1, 0.15) is 0 Å². The molecule has 0 N–H and O–H groups in total. The fourth-order valence-corrected chi connectivity index (χ4v) is 5.92. The highest BCUT2D eigenvalue weighted by atomic mass is 14.9. The van der Waals surface area contributed by atoms with Gasteiger partial charge in [-0.15, -0.1) is 0 Å². The van der Waals surface area contributed by atoms with Crippen LogP contribution in [-0.4, -0.2) is 9.97 Å². The molecule has 7 rings (SSSR count). The Morgan fingerprint density at radius 2 is 1.16 bits per heavy atom. The smallest absolute Gasteiger partial charge is 0.160 e. The van der Waals surface area contributed by atoms with E-state index in [4.69, 9.17) is 9.97 Å². The quantitative estimate of drug-likeness (QED) is 0.256. The van der Waals surface area contributed by atoms with E-state index in [9.17, 15) is 0 Å². The van der Waals surface area contributed by atoms with Gasteiger partial charge < -0.3 is 0 Å². The Hall–Kier alpha value is -4.56. The zero-order valence-electron chi connectivity index (χ0n) is 20.9. The van der Waals surface area contributed by atoms with Crippen molar-refractivity contribution in [3.05, 3.63) is 132 Å². The largest absolute Gasteiger partial charge is 0.228 e. The Morgan fingerprint density at radius 3 is 1.95 bits per heavy atom. The SMILES string of the molecule is CC1(C)c2ccccc2-c2c(-c3cc(-c4ccccc4)nc(-c4ccccc4)n3)cc3ccccc3c21. The maximum absolute atomic E-state index is 5.19. The minimum Gasteiger partial charge on any atom is -0.228 e. The van der Waals surface area contributed by atoms with Gasteiger partial charge >= 0.3 is 0 Å². The second-order valence-corrected chi connectivity index (χ2v) is 10.3. The third-order valence-corrected chi connectivity index (χ3v) is 7.65. The van der Waals surface area contributed by atoms with E-state index in [0.29, 0.717) is 0 Å². The molecule has 0 amide bonds. The maximum Gasteiger partial charge on any atom is 0.160 e. The molecule has 0 bridgehead atoms. The van der Waals surface area contributed by atoms with Crippen LogP contribution in [0.2, 0.25) is 0 Å². The third kappa shape index (κ3) is 3.41. The Morgan fingerprint density at radius 1 is 0.541 bits per heavy atom. The van der Waals surface area contributed by atoms with E-state index in [1.54, 1.807) is 0 Å². The number of rotatable bonds is 3. The number of hydrogen-bond donors (Lipinski definition) is 0. The monoisotopic (exact) mass is 474 g/mol. The summed E-state index contributed by atoms with van der Waals surface area (Å²) < 4.78 is 0. The molecule has 1 aromatic heterocycles. The Balaban J connectivity index is 1.59. The summed E-state index contributed by atoms with van der Waals surface area (Å²) in [5, 5.41) is 2.54. The molecule has 5 aromatic carbocycles. The zero-order chi connectivity index (χ0) is 25.0. The molecular formula is C35H26N2. The lowest BCUT2D eigenvalue weighted by molar-refractivity contribution is 0.666. The van der Waals surface area contributed by atoms with Crippen LogP contribution in [0.15, 0.2) is 121 Å². The minimum absolute atomic E-state index is 0.112. The molecule has 0 aliphatic heterocycles. The van der Waals surface area contributed by atoms with Crippen molar-refractivity contribution >= 4 is 10.8 Å². The van der Waals surface area contributed by atoms with Crippen LogP contribution in [0.4, 0.5) is 0 Å². The lowest BCUT2D eigenvalue weighted by atomic mass is 9.79. The normalized spacial score (nSPS) is 13.4. The zero-order valence-corrected chi connectivity index (χ0v) is 20.9. The summed E-state index contributed by atoms with van der Waals surface area (Å²) in [5.41, 5.74) is 10.3. The highest BCUT2D eigenvalue weighted by molar-refractivity contribution is 6.04. The molecule has 2 nitrogen and oxygen atoms in total. The second kappa shape index (κ2) is 8.25. The standard InChI is InChI=1S/C35H26N2/c1-35(2)29-20-12-11-19-27(29)32-28(21-25-17-9-10-18-26(25)33(32)35)31-22-30(23-13-5-3-6-14-23)36-34(37-31)24-15-7-4-8-16-24/h3-22H,1-2H3. The lowest BCUT2D eigenvalue weighted by Crippen LogP contribution is -2.15. The fourth-order valence-electron chi connectivity index (χ4n) is 5.92. The molecule has 6 aromatic rings. The summed E-state index contributed by atoms with van der Waals surface area (Å²) in [4.78, 5) is 10.2. The van der Waals surface area contributed by atoms with Gasteiger partial charge in [-0.25, -0.2) is 9.97 Å². The Kier molecular flexibility index (Phi) is 4.84. The van der Waals surface area contributed by atoms with Gasteiger partial charge in [0, 0.05) is 22.1 Å². The van der Waals surface area contributed by atoms with E-state index in [0.717, 1.165) is 33.9 Å². The first kappa shape index (κ1) is 21.7. The molecule has 0 atom stereocenters. The van der Waals surface area contributed by atoms with Gasteiger partial charge in [0.05, 0.1) is 11.4 Å². The first-order valence-corrected chi connectivity index (χ1v) is 12.8. The average Bonchev–Trinajstić information content (AvgIpc) is 3.21. The predicted octanol–water partition coefficient (Wildman–Crippen LogP) is 8.94. The van der Waals surface area contributed by atoms with Crippen LogP contribution in [0.25, 0.3) is 55.8 Å². The van der Waals surface area contributed by atoms with Crippen molar-refractivity contribution in [1.82, 2.24) is 9.97 Å². The highest BCUT2D eigenvalue weighted by Crippen LogP contribution is 2.54. The van der Waals surface area contributed by atoms with Gasteiger partial charge in [-0.1, -0.05) is 123 Å². The van der Waals surface area contributed by atoms with Gasteiger partial charge in [0.25, 0.3) is 0 Å². The van der Waals surface area contributed by atoms with Crippen LogP contribution in [0.5, 0.6) is 0 Å². The topological polar surface area (TPSA) is 25.8 Å². The molecule has 0 saturated heterocycles. The van der Waals surface area contributed by atoms with Gasteiger partial charge in [-0.3, -0.25) is 0 Å². The number of benzene rings is 5. The second-order valence-electron chi connectivity index (χ2n) is 10.3. The van der Waals surface area contributed by atoms with Crippen LogP contribution in [0.3, 0.4) is 0 Å². The van der Waals surface area contributed by atoms with Gasteiger partial charge in [0.15, 0.2) is 5.82 Å². The summed E-state index contributed by atoms with van der Waals surface area (Å²) >= 11 is 0. The number of aromatic nitrogens is 2. The van der Waals surface area contributed by atoms with Crippen LogP contribution < -0.4 is 0 Å². The van der Waals surface area contributed by atoms with E-state index in [1.165, 1.54) is 33.0 Å². The van der Waals surface area contributed by atoms with Crippen molar-refractivity contribution < 1.29 is 0 Å². The van der Waals surface area contributed by atoms with Crippen molar-refractivity contribution in [2.45, 2.75) is 19.3 Å². The van der Waals surface area contributed by atoms with E-state index in [2.05, 4.69) is 111 Å². The van der Waals surface area contributed by atoms with Crippen molar-refractivity contribution in [3.63, 3.8) is 0 Å². The van der Waals surface area contributed by atoms with Crippen molar-refractivity contribution in [2.75, 3.05) is 0 Å². The molecule has 1 heterocycles. The first-order valence-electron chi connectivity index (χ1n) is 12.8. The summed E-state index contributed by atoms with van der Waals surface area (Å²) in [6.07, 6.45) is 0. The average molecular weight is 475 g/mol. The highest BCUT2D eigenvalue weighted by Gasteiger charge is 2.38. The number of fused-ring (bicyclic) bond motifs is 5. The van der Waals surface area contributed by atoms with E-state index in [-0.39, 0.29) is 5.41 Å². The van der Waals surface area contributed by atoms with Gasteiger partial charge in [-0.05, 0) is 45.2 Å². The van der Waals surface area contributed by atoms with E-state index in [1.807, 2.05) is 24.3 Å². The summed E-state index contributed by atoms with van der Waals surface area (Å²) in [7, 11) is 0. The van der Waals surface area contributed by atoms with Crippen molar-refractivity contribution in [2.24, 2.45) is 0 Å². The summed E-state index contributed by atoms with van der Waals surface area (Å²) in [6.45, 7) is 4.69. The third-order valence-electron chi connectivity index (χ3n) is 7.65. The van der Waals surface area contributed by atoms with Crippen molar-refractivity contribution in [3.8, 4) is 45.0 Å². The molecule has 0 radical (unpaired) electrons. The number of nitrogens with zero attached hydrogens (tertiary/aromatic N) is 2. The minimum atomic E-state index is -0.112. The van der Waals surface area contributed by atoms with Crippen LogP contribution >= 0.6 is 0 Å². The molecule has 37 heavy (non-hydrogen) atoms. The molecule has 0 unspecified atom stereocenters. The molecule has 2 heteroatoms. The lowest BCUT2D eigenvalue weighted by Gasteiger charge is -2.24. The molecule has 176 valence electrons. The van der Waals surface area contributed by atoms with E-state index < -0.39 is 0 Å². The van der Waals surface area contributed by atoms with Crippen LogP contribution in [0, 0.1) is 0 Å². The Bertz CT molecular complexity index is 1730. The molecule has 0 saturated carbocycles.